The van der Waals surface area contributed by atoms with Gasteiger partial charge in [0.05, 0.1) is 5.69 Å². The second-order valence-electron chi connectivity index (χ2n) is 4.46. The van der Waals surface area contributed by atoms with Gasteiger partial charge in [0, 0.05) is 16.8 Å². The van der Waals surface area contributed by atoms with Crippen molar-refractivity contribution < 1.29 is 5.11 Å². The van der Waals surface area contributed by atoms with Gasteiger partial charge in [-0.15, -0.1) is 0 Å². The second-order valence-corrected chi connectivity index (χ2v) is 4.46. The van der Waals surface area contributed by atoms with E-state index in [-0.39, 0.29) is 5.75 Å². The van der Waals surface area contributed by atoms with Gasteiger partial charge in [-0.2, -0.15) is 0 Å². The molecule has 0 atom stereocenters. The number of anilines is 1. The van der Waals surface area contributed by atoms with E-state index in [4.69, 9.17) is 0 Å². The first-order valence-electron chi connectivity index (χ1n) is 6.50. The first-order chi connectivity index (χ1) is 9.17. The van der Waals surface area contributed by atoms with Crippen LogP contribution in [0.4, 0.5) is 5.69 Å². The van der Waals surface area contributed by atoms with E-state index in [0.717, 1.165) is 34.5 Å². The highest BCUT2D eigenvalue weighted by atomic mass is 16.3. The number of aromatic hydroxyl groups is 1. The number of benzene rings is 1. The predicted molar refractivity (Wildman–Crippen MR) is 82.0 cm³/mol. The maximum atomic E-state index is 9.84. The van der Waals surface area contributed by atoms with Gasteiger partial charge in [0.2, 0.25) is 0 Å². The van der Waals surface area contributed by atoms with Crippen molar-refractivity contribution in [3.63, 3.8) is 0 Å². The average molecular weight is 253 g/mol. The first kappa shape index (κ1) is 13.2. The highest BCUT2D eigenvalue weighted by Crippen LogP contribution is 2.37. The van der Waals surface area contributed by atoms with Crippen LogP contribution in [0.1, 0.15) is 25.8 Å². The molecule has 19 heavy (non-hydrogen) atoms. The summed E-state index contributed by atoms with van der Waals surface area (Å²) in [6, 6.07) is 5.49. The fraction of sp³-hybridized carbons (Fsp3) is 0.176. The molecule has 1 heterocycles. The van der Waals surface area contributed by atoms with Crippen molar-refractivity contribution >= 4 is 11.8 Å². The minimum atomic E-state index is 0.250. The molecule has 0 fully saturated rings. The number of hydrogen-bond acceptors (Lipinski definition) is 2. The van der Waals surface area contributed by atoms with E-state index < -0.39 is 0 Å². The molecule has 2 rings (SSSR count). The van der Waals surface area contributed by atoms with Gasteiger partial charge in [0.15, 0.2) is 0 Å². The quantitative estimate of drug-likeness (QED) is 0.608. The highest BCUT2D eigenvalue weighted by molar-refractivity contribution is 5.84. The van der Waals surface area contributed by atoms with Crippen molar-refractivity contribution in [3.05, 3.63) is 65.4 Å². The van der Waals surface area contributed by atoms with Crippen LogP contribution >= 0.6 is 0 Å². The summed E-state index contributed by atoms with van der Waals surface area (Å²) < 4.78 is 0. The fourth-order valence-corrected chi connectivity index (χ4v) is 2.12. The second kappa shape index (κ2) is 5.61. The van der Waals surface area contributed by atoms with E-state index >= 15 is 0 Å². The molecule has 0 bridgehead atoms. The molecule has 1 aromatic rings. The standard InChI is InChI=1S/C17H19NO/c1-4-6-8-13(5-2)15-11-14-9-7-10-16(19)17(14)18-12(15)3/h5-11,18-19H,3-4H2,1-2H3/b8-6-,13-5+. The molecule has 0 spiro atoms. The number of allylic oxidation sites excluding steroid dienone is 4. The maximum Gasteiger partial charge on any atom is 0.139 e. The zero-order valence-electron chi connectivity index (χ0n) is 11.4. The molecule has 1 aliphatic rings. The van der Waals surface area contributed by atoms with E-state index in [1.807, 2.05) is 19.1 Å². The van der Waals surface area contributed by atoms with Gasteiger partial charge in [0.1, 0.15) is 5.75 Å². The Hall–Kier alpha value is -2.22. The number of phenolic OH excluding ortho intramolecular Hbond substituents is 1. The normalized spacial score (nSPS) is 15.2. The van der Waals surface area contributed by atoms with Gasteiger partial charge < -0.3 is 10.4 Å². The first-order valence-corrected chi connectivity index (χ1v) is 6.50. The fourth-order valence-electron chi connectivity index (χ4n) is 2.12. The lowest BCUT2D eigenvalue weighted by Crippen LogP contribution is -2.08. The van der Waals surface area contributed by atoms with E-state index in [1.54, 1.807) is 6.07 Å². The van der Waals surface area contributed by atoms with Gasteiger partial charge >= 0.3 is 0 Å². The molecule has 0 aliphatic carbocycles. The summed E-state index contributed by atoms with van der Waals surface area (Å²) in [5.41, 5.74) is 4.71. The summed E-state index contributed by atoms with van der Waals surface area (Å²) in [6.45, 7) is 8.17. The number of para-hydroxylation sites is 1. The van der Waals surface area contributed by atoms with E-state index in [1.165, 1.54) is 0 Å². The van der Waals surface area contributed by atoms with Crippen LogP contribution in [0.3, 0.4) is 0 Å². The van der Waals surface area contributed by atoms with Crippen LogP contribution in [-0.4, -0.2) is 5.11 Å². The number of rotatable bonds is 3. The summed E-state index contributed by atoms with van der Waals surface area (Å²) >= 11 is 0. The molecule has 0 aromatic heterocycles. The molecule has 0 unspecified atom stereocenters. The topological polar surface area (TPSA) is 32.3 Å². The zero-order valence-corrected chi connectivity index (χ0v) is 11.4. The van der Waals surface area contributed by atoms with Crippen molar-refractivity contribution in [1.29, 1.82) is 0 Å². The maximum absolute atomic E-state index is 9.84. The SMILES string of the molecule is C=C1Nc2c(O)cccc2C=C1C(/C=C\CC)=C/C. The third-order valence-electron chi connectivity index (χ3n) is 3.13. The molecule has 98 valence electrons. The van der Waals surface area contributed by atoms with Crippen LogP contribution in [0, 0.1) is 0 Å². The Bertz CT molecular complexity index is 591. The molecular formula is C17H19NO. The third-order valence-corrected chi connectivity index (χ3v) is 3.13. The summed E-state index contributed by atoms with van der Waals surface area (Å²) in [6.07, 6.45) is 9.36. The number of nitrogens with one attached hydrogen (secondary N) is 1. The monoisotopic (exact) mass is 253 g/mol. The molecule has 1 aromatic carbocycles. The summed E-state index contributed by atoms with van der Waals surface area (Å²) in [7, 11) is 0. The average Bonchev–Trinajstić information content (AvgIpc) is 2.41. The van der Waals surface area contributed by atoms with Crippen molar-refractivity contribution in [2.75, 3.05) is 5.32 Å². The zero-order chi connectivity index (χ0) is 13.8. The molecule has 0 amide bonds. The van der Waals surface area contributed by atoms with Crippen LogP contribution in [-0.2, 0) is 0 Å². The Kier molecular flexibility index (Phi) is 3.91. The Morgan fingerprint density at radius 3 is 2.89 bits per heavy atom. The molecular weight excluding hydrogens is 234 g/mol. The van der Waals surface area contributed by atoms with Gasteiger partial charge in [0.25, 0.3) is 0 Å². The Balaban J connectivity index is 2.47. The van der Waals surface area contributed by atoms with Gasteiger partial charge in [-0.25, -0.2) is 0 Å². The van der Waals surface area contributed by atoms with Crippen molar-refractivity contribution in [3.8, 4) is 5.75 Å². The number of phenols is 1. The van der Waals surface area contributed by atoms with Crippen molar-refractivity contribution in [2.45, 2.75) is 20.3 Å². The highest BCUT2D eigenvalue weighted by Gasteiger charge is 2.17. The Labute approximate surface area is 114 Å². The molecule has 1 aliphatic heterocycles. The molecule has 0 radical (unpaired) electrons. The molecule has 0 saturated heterocycles. The Morgan fingerprint density at radius 2 is 2.21 bits per heavy atom. The molecule has 2 nitrogen and oxygen atoms in total. The van der Waals surface area contributed by atoms with Crippen LogP contribution in [0.15, 0.2) is 59.8 Å². The lowest BCUT2D eigenvalue weighted by Gasteiger charge is -2.22. The van der Waals surface area contributed by atoms with Gasteiger partial charge in [-0.05, 0) is 31.1 Å². The Morgan fingerprint density at radius 1 is 1.42 bits per heavy atom. The minimum absolute atomic E-state index is 0.250. The largest absolute Gasteiger partial charge is 0.506 e. The molecule has 2 N–H and O–H groups in total. The van der Waals surface area contributed by atoms with Crippen LogP contribution in [0.25, 0.3) is 6.08 Å². The van der Waals surface area contributed by atoms with E-state index in [9.17, 15) is 5.11 Å². The lowest BCUT2D eigenvalue weighted by atomic mass is 9.95. The minimum Gasteiger partial charge on any atom is -0.506 e. The summed E-state index contributed by atoms with van der Waals surface area (Å²) in [4.78, 5) is 0. The van der Waals surface area contributed by atoms with Gasteiger partial charge in [-0.1, -0.05) is 43.9 Å². The number of fused-ring (bicyclic) bond motifs is 1. The van der Waals surface area contributed by atoms with Crippen molar-refractivity contribution in [2.24, 2.45) is 0 Å². The molecule has 0 saturated carbocycles. The molecule has 2 heteroatoms. The van der Waals surface area contributed by atoms with Gasteiger partial charge in [-0.3, -0.25) is 0 Å². The van der Waals surface area contributed by atoms with E-state index in [0.29, 0.717) is 0 Å². The predicted octanol–water partition coefficient (Wildman–Crippen LogP) is 4.63. The van der Waals surface area contributed by atoms with E-state index in [2.05, 4.69) is 43.1 Å². The van der Waals surface area contributed by atoms with Crippen LogP contribution in [0.5, 0.6) is 5.75 Å². The van der Waals surface area contributed by atoms with Crippen LogP contribution in [0.2, 0.25) is 0 Å². The lowest BCUT2D eigenvalue weighted by molar-refractivity contribution is 0.477. The van der Waals surface area contributed by atoms with Crippen LogP contribution < -0.4 is 5.32 Å². The van der Waals surface area contributed by atoms with Crippen molar-refractivity contribution in [1.82, 2.24) is 0 Å². The number of hydrogen-bond donors (Lipinski definition) is 2. The smallest absolute Gasteiger partial charge is 0.139 e. The third kappa shape index (κ3) is 2.63. The summed E-state index contributed by atoms with van der Waals surface area (Å²) in [5.74, 6) is 0.250. The summed E-state index contributed by atoms with van der Waals surface area (Å²) in [5, 5.41) is 13.0.